The van der Waals surface area contributed by atoms with Gasteiger partial charge in [-0.05, 0) is 68.1 Å². The zero-order valence-corrected chi connectivity index (χ0v) is 18.5. The third-order valence-corrected chi connectivity index (χ3v) is 7.10. The molecule has 2 aliphatic rings. The van der Waals surface area contributed by atoms with Gasteiger partial charge in [-0.3, -0.25) is 9.59 Å². The lowest BCUT2D eigenvalue weighted by Gasteiger charge is -2.31. The van der Waals surface area contributed by atoms with E-state index in [1.807, 2.05) is 41.3 Å². The number of halogens is 1. The van der Waals surface area contributed by atoms with Crippen LogP contribution < -0.4 is 10.1 Å². The number of carbonyl (C=O) groups is 2. The fraction of sp³-hybridized carbons (Fsp3) is 0.391. The fourth-order valence-electron chi connectivity index (χ4n) is 3.63. The highest BCUT2D eigenvalue weighted by atomic mass is 35.5. The normalized spacial score (nSPS) is 16.9. The maximum Gasteiger partial charge on any atom is 0.227 e. The molecule has 7 heteroatoms. The highest BCUT2D eigenvalue weighted by Crippen LogP contribution is 2.36. The van der Waals surface area contributed by atoms with E-state index in [4.69, 9.17) is 16.3 Å². The number of likely N-dealkylation sites (tertiary alicyclic amines) is 1. The van der Waals surface area contributed by atoms with Crippen LogP contribution in [-0.4, -0.2) is 36.9 Å². The molecule has 0 aromatic heterocycles. The number of rotatable bonds is 6. The van der Waals surface area contributed by atoms with Crippen LogP contribution in [0.1, 0.15) is 25.7 Å². The summed E-state index contributed by atoms with van der Waals surface area (Å²) < 4.78 is 5.18. The van der Waals surface area contributed by atoms with Crippen LogP contribution in [0.15, 0.2) is 52.3 Å². The number of anilines is 1. The van der Waals surface area contributed by atoms with E-state index in [1.54, 1.807) is 24.9 Å². The maximum atomic E-state index is 12.7. The van der Waals surface area contributed by atoms with Crippen molar-refractivity contribution in [3.05, 3.63) is 47.5 Å². The van der Waals surface area contributed by atoms with Crippen LogP contribution in [0.25, 0.3) is 0 Å². The van der Waals surface area contributed by atoms with Crippen molar-refractivity contribution in [2.24, 2.45) is 11.8 Å². The zero-order valence-electron chi connectivity index (χ0n) is 16.9. The summed E-state index contributed by atoms with van der Waals surface area (Å²) in [5.41, 5.74) is 0.695. The zero-order chi connectivity index (χ0) is 21.1. The van der Waals surface area contributed by atoms with Crippen LogP contribution in [0.2, 0.25) is 5.02 Å². The van der Waals surface area contributed by atoms with Gasteiger partial charge in [0.2, 0.25) is 11.8 Å². The summed E-state index contributed by atoms with van der Waals surface area (Å²) in [5.74, 6) is 1.25. The first-order chi connectivity index (χ1) is 14.5. The minimum atomic E-state index is -0.0691. The molecule has 1 N–H and O–H groups in total. The molecule has 0 atom stereocenters. The van der Waals surface area contributed by atoms with Crippen LogP contribution in [0.4, 0.5) is 5.69 Å². The summed E-state index contributed by atoms with van der Waals surface area (Å²) in [4.78, 5) is 28.7. The molecule has 4 rings (SSSR count). The van der Waals surface area contributed by atoms with Gasteiger partial charge in [0.15, 0.2) is 0 Å². The molecule has 2 amide bonds. The van der Waals surface area contributed by atoms with Crippen molar-refractivity contribution in [2.75, 3.05) is 25.5 Å². The lowest BCUT2D eigenvalue weighted by atomic mass is 9.95. The Morgan fingerprint density at radius 3 is 2.33 bits per heavy atom. The number of nitrogens with one attached hydrogen (secondary N) is 1. The molecule has 1 saturated heterocycles. The molecule has 0 spiro atoms. The van der Waals surface area contributed by atoms with Crippen LogP contribution in [0.5, 0.6) is 5.75 Å². The van der Waals surface area contributed by atoms with Gasteiger partial charge >= 0.3 is 0 Å². The summed E-state index contributed by atoms with van der Waals surface area (Å²) >= 11 is 8.02. The molecule has 1 saturated carbocycles. The Kier molecular flexibility index (Phi) is 6.54. The van der Waals surface area contributed by atoms with Crippen LogP contribution in [0.3, 0.4) is 0 Å². The first kappa shape index (κ1) is 21.1. The number of nitrogens with zero attached hydrogens (tertiary/aromatic N) is 1. The molecule has 0 unspecified atom stereocenters. The van der Waals surface area contributed by atoms with Crippen molar-refractivity contribution in [3.63, 3.8) is 0 Å². The Balaban J connectivity index is 1.31. The number of ether oxygens (including phenoxy) is 1. The van der Waals surface area contributed by atoms with Gasteiger partial charge in [-0.25, -0.2) is 0 Å². The Morgan fingerprint density at radius 2 is 1.73 bits per heavy atom. The Bertz CT molecular complexity index is 923. The van der Waals surface area contributed by atoms with E-state index in [0.29, 0.717) is 36.6 Å². The second-order valence-corrected chi connectivity index (χ2v) is 9.31. The quantitative estimate of drug-likeness (QED) is 0.674. The number of hydrogen-bond acceptors (Lipinski definition) is 4. The standard InChI is InChI=1S/C23H25ClN2O3S/c1-29-18-5-7-19(8-6-18)30-21-9-4-17(14-20(21)24)25-22(27)15-10-12-26(13-11-15)23(28)16-2-3-16/h4-9,14-16H,2-3,10-13H2,1H3,(H,25,27). The molecular weight excluding hydrogens is 420 g/mol. The predicted octanol–water partition coefficient (Wildman–Crippen LogP) is 5.09. The van der Waals surface area contributed by atoms with E-state index in [2.05, 4.69) is 5.32 Å². The summed E-state index contributed by atoms with van der Waals surface area (Å²) in [6.07, 6.45) is 3.46. The van der Waals surface area contributed by atoms with Gasteiger partial charge in [0.25, 0.3) is 0 Å². The van der Waals surface area contributed by atoms with Crippen LogP contribution in [-0.2, 0) is 9.59 Å². The number of amides is 2. The smallest absolute Gasteiger partial charge is 0.227 e. The number of benzene rings is 2. The van der Waals surface area contributed by atoms with E-state index in [0.717, 1.165) is 28.4 Å². The third kappa shape index (κ3) is 5.10. The first-order valence-corrected chi connectivity index (χ1v) is 11.4. The lowest BCUT2D eigenvalue weighted by Crippen LogP contribution is -2.42. The number of carbonyl (C=O) groups excluding carboxylic acids is 2. The monoisotopic (exact) mass is 444 g/mol. The van der Waals surface area contributed by atoms with Gasteiger partial charge in [-0.1, -0.05) is 23.4 Å². The van der Waals surface area contributed by atoms with Crippen molar-refractivity contribution in [1.29, 1.82) is 0 Å². The van der Waals surface area contributed by atoms with Crippen molar-refractivity contribution in [3.8, 4) is 5.75 Å². The summed E-state index contributed by atoms with van der Waals surface area (Å²) in [5, 5.41) is 3.58. The largest absolute Gasteiger partial charge is 0.497 e. The lowest BCUT2D eigenvalue weighted by molar-refractivity contribution is -0.135. The Hall–Kier alpha value is -2.18. The molecule has 0 bridgehead atoms. The Labute approximate surface area is 186 Å². The van der Waals surface area contributed by atoms with E-state index in [1.165, 1.54) is 0 Å². The SMILES string of the molecule is COc1ccc(Sc2ccc(NC(=O)C3CCN(C(=O)C4CC4)CC3)cc2Cl)cc1. The number of hydrogen-bond donors (Lipinski definition) is 1. The molecule has 0 radical (unpaired) electrons. The molecule has 2 aromatic rings. The highest BCUT2D eigenvalue weighted by Gasteiger charge is 2.35. The van der Waals surface area contributed by atoms with Gasteiger partial charge in [0.1, 0.15) is 5.75 Å². The number of methoxy groups -OCH3 is 1. The minimum absolute atomic E-state index is 0.000134. The van der Waals surface area contributed by atoms with Crippen LogP contribution in [0, 0.1) is 11.8 Å². The highest BCUT2D eigenvalue weighted by molar-refractivity contribution is 7.99. The van der Waals surface area contributed by atoms with Gasteiger partial charge < -0.3 is 15.0 Å². The Morgan fingerprint density at radius 1 is 1.03 bits per heavy atom. The van der Waals surface area contributed by atoms with Crippen molar-refractivity contribution < 1.29 is 14.3 Å². The van der Waals surface area contributed by atoms with Gasteiger partial charge in [-0.2, -0.15) is 0 Å². The molecule has 1 heterocycles. The fourth-order valence-corrected chi connectivity index (χ4v) is 4.74. The maximum absolute atomic E-state index is 12.7. The molecule has 1 aliphatic carbocycles. The van der Waals surface area contributed by atoms with Crippen molar-refractivity contribution in [2.45, 2.75) is 35.5 Å². The molecule has 30 heavy (non-hydrogen) atoms. The van der Waals surface area contributed by atoms with E-state index in [9.17, 15) is 9.59 Å². The molecular formula is C23H25ClN2O3S. The van der Waals surface area contributed by atoms with Gasteiger partial charge in [0.05, 0.1) is 12.1 Å². The molecule has 2 aromatic carbocycles. The van der Waals surface area contributed by atoms with Crippen molar-refractivity contribution >= 4 is 40.9 Å². The second kappa shape index (κ2) is 9.31. The summed E-state index contributed by atoms with van der Waals surface area (Å²) in [6.45, 7) is 1.34. The summed E-state index contributed by atoms with van der Waals surface area (Å²) in [7, 11) is 1.64. The average Bonchev–Trinajstić information content (AvgIpc) is 3.61. The van der Waals surface area contributed by atoms with E-state index < -0.39 is 0 Å². The average molecular weight is 445 g/mol. The predicted molar refractivity (Wildman–Crippen MR) is 119 cm³/mol. The second-order valence-electron chi connectivity index (χ2n) is 7.79. The van der Waals surface area contributed by atoms with E-state index in [-0.39, 0.29) is 23.7 Å². The third-order valence-electron chi connectivity index (χ3n) is 5.59. The van der Waals surface area contributed by atoms with Crippen LogP contribution >= 0.6 is 23.4 Å². The van der Waals surface area contributed by atoms with Gasteiger partial charge in [0, 0.05) is 40.4 Å². The molecule has 2 fully saturated rings. The summed E-state index contributed by atoms with van der Waals surface area (Å²) in [6, 6.07) is 13.4. The van der Waals surface area contributed by atoms with Gasteiger partial charge in [-0.15, -0.1) is 0 Å². The first-order valence-electron chi connectivity index (χ1n) is 10.2. The van der Waals surface area contributed by atoms with E-state index >= 15 is 0 Å². The number of piperidine rings is 1. The minimum Gasteiger partial charge on any atom is -0.497 e. The molecule has 1 aliphatic heterocycles. The molecule has 158 valence electrons. The molecule has 5 nitrogen and oxygen atoms in total. The van der Waals surface area contributed by atoms with Crippen molar-refractivity contribution in [1.82, 2.24) is 4.90 Å². The topological polar surface area (TPSA) is 58.6 Å².